The van der Waals surface area contributed by atoms with E-state index in [0.717, 1.165) is 43.7 Å². The van der Waals surface area contributed by atoms with Crippen LogP contribution in [0.5, 0.6) is 5.75 Å². The Bertz CT molecular complexity index is 876. The molecule has 9 heteroatoms. The summed E-state index contributed by atoms with van der Waals surface area (Å²) in [4.78, 5) is 22.7. The highest BCUT2D eigenvalue weighted by molar-refractivity contribution is 5.86. The van der Waals surface area contributed by atoms with Crippen molar-refractivity contribution in [3.05, 3.63) is 30.0 Å². The van der Waals surface area contributed by atoms with Crippen LogP contribution in [0, 0.1) is 0 Å². The van der Waals surface area contributed by atoms with Gasteiger partial charge in [-0.05, 0) is 37.5 Å². The molecule has 162 valence electrons. The molecular weight excluding hydrogens is 386 g/mol. The topological polar surface area (TPSA) is 109 Å². The number of carbonyl (C=O) groups is 1. The zero-order valence-electron chi connectivity index (χ0n) is 17.6. The maximum absolute atomic E-state index is 11.1. The van der Waals surface area contributed by atoms with E-state index < -0.39 is 6.09 Å². The van der Waals surface area contributed by atoms with Crippen molar-refractivity contribution >= 4 is 29.2 Å². The minimum Gasteiger partial charge on any atom is -0.495 e. The number of nitrogens with zero attached hydrogens (tertiary/aromatic N) is 3. The van der Waals surface area contributed by atoms with Gasteiger partial charge < -0.3 is 24.8 Å². The number of aryl methyl sites for hydroxylation is 1. The van der Waals surface area contributed by atoms with Gasteiger partial charge in [-0.1, -0.05) is 13.3 Å². The highest BCUT2D eigenvalue weighted by atomic mass is 16.5. The van der Waals surface area contributed by atoms with Crippen LogP contribution in [0.25, 0.3) is 0 Å². The summed E-state index contributed by atoms with van der Waals surface area (Å²) in [5.41, 5.74) is 1.97. The second kappa shape index (κ2) is 10.1. The molecule has 1 saturated heterocycles. The second-order valence-electron chi connectivity index (χ2n) is 7.21. The third-order valence-corrected chi connectivity index (χ3v) is 5.00. The Hall–Kier alpha value is -3.07. The third-order valence-electron chi connectivity index (χ3n) is 5.00. The Morgan fingerprint density at radius 3 is 2.83 bits per heavy atom. The van der Waals surface area contributed by atoms with Crippen LogP contribution in [0.2, 0.25) is 0 Å². The SMILES string of the molecule is CCCc1cc(N2CCCC2COC)nc(Nc2ccc(OC)c(NC(=O)O)c2)n1. The average Bonchev–Trinajstić information content (AvgIpc) is 3.16. The van der Waals surface area contributed by atoms with E-state index >= 15 is 0 Å². The van der Waals surface area contributed by atoms with Crippen molar-refractivity contribution in [2.75, 3.05) is 42.9 Å². The Morgan fingerprint density at radius 2 is 2.13 bits per heavy atom. The van der Waals surface area contributed by atoms with Gasteiger partial charge in [0.25, 0.3) is 0 Å². The molecule has 1 amide bonds. The van der Waals surface area contributed by atoms with E-state index in [1.54, 1.807) is 25.3 Å². The van der Waals surface area contributed by atoms with Crippen molar-refractivity contribution in [3.8, 4) is 5.75 Å². The summed E-state index contributed by atoms with van der Waals surface area (Å²) < 4.78 is 10.6. The van der Waals surface area contributed by atoms with E-state index in [2.05, 4.69) is 27.4 Å². The summed E-state index contributed by atoms with van der Waals surface area (Å²) in [5.74, 6) is 1.79. The quantitative estimate of drug-likeness (QED) is 0.566. The van der Waals surface area contributed by atoms with Crippen LogP contribution in [-0.2, 0) is 11.2 Å². The van der Waals surface area contributed by atoms with Crippen LogP contribution < -0.4 is 20.3 Å². The molecule has 0 aliphatic carbocycles. The predicted molar refractivity (Wildman–Crippen MR) is 116 cm³/mol. The Balaban J connectivity index is 1.90. The molecule has 0 saturated carbocycles. The molecular formula is C21H29N5O4. The maximum atomic E-state index is 11.1. The molecule has 3 rings (SSSR count). The number of ether oxygens (including phenoxy) is 2. The van der Waals surface area contributed by atoms with Gasteiger partial charge in [0.05, 0.1) is 25.4 Å². The van der Waals surface area contributed by atoms with Crippen molar-refractivity contribution in [1.29, 1.82) is 0 Å². The largest absolute Gasteiger partial charge is 0.495 e. The molecule has 1 aromatic heterocycles. The minimum atomic E-state index is -1.16. The van der Waals surface area contributed by atoms with Crippen LogP contribution in [0.1, 0.15) is 31.9 Å². The van der Waals surface area contributed by atoms with Crippen LogP contribution in [0.3, 0.4) is 0 Å². The number of methoxy groups -OCH3 is 2. The number of hydrogen-bond acceptors (Lipinski definition) is 7. The van der Waals surface area contributed by atoms with Crippen LogP contribution in [0.4, 0.5) is 27.9 Å². The number of nitrogens with one attached hydrogen (secondary N) is 2. The second-order valence-corrected chi connectivity index (χ2v) is 7.21. The summed E-state index contributed by atoms with van der Waals surface area (Å²) in [5, 5.41) is 14.6. The van der Waals surface area contributed by atoms with E-state index in [0.29, 0.717) is 35.7 Å². The van der Waals surface area contributed by atoms with Gasteiger partial charge in [0.1, 0.15) is 11.6 Å². The molecule has 9 nitrogen and oxygen atoms in total. The van der Waals surface area contributed by atoms with Gasteiger partial charge in [-0.15, -0.1) is 0 Å². The highest BCUT2D eigenvalue weighted by Crippen LogP contribution is 2.30. The smallest absolute Gasteiger partial charge is 0.409 e. The molecule has 1 fully saturated rings. The first-order valence-corrected chi connectivity index (χ1v) is 10.1. The van der Waals surface area contributed by atoms with Gasteiger partial charge in [-0.25, -0.2) is 9.78 Å². The molecule has 0 spiro atoms. The monoisotopic (exact) mass is 415 g/mol. The number of aromatic nitrogens is 2. The van der Waals surface area contributed by atoms with E-state index in [9.17, 15) is 4.79 Å². The van der Waals surface area contributed by atoms with Gasteiger partial charge in [0.2, 0.25) is 5.95 Å². The number of hydrogen-bond donors (Lipinski definition) is 3. The Morgan fingerprint density at radius 1 is 1.30 bits per heavy atom. The van der Waals surface area contributed by atoms with Gasteiger partial charge in [-0.3, -0.25) is 5.32 Å². The van der Waals surface area contributed by atoms with Crippen LogP contribution >= 0.6 is 0 Å². The van der Waals surface area contributed by atoms with Crippen molar-refractivity contribution in [2.24, 2.45) is 0 Å². The molecule has 0 bridgehead atoms. The zero-order valence-corrected chi connectivity index (χ0v) is 17.6. The summed E-state index contributed by atoms with van der Waals surface area (Å²) >= 11 is 0. The number of amides is 1. The first-order chi connectivity index (χ1) is 14.5. The van der Waals surface area contributed by atoms with Gasteiger partial charge >= 0.3 is 6.09 Å². The lowest BCUT2D eigenvalue weighted by molar-refractivity contribution is 0.180. The number of benzene rings is 1. The Kier molecular flexibility index (Phi) is 7.29. The van der Waals surface area contributed by atoms with Crippen LogP contribution in [-0.4, -0.2) is 54.6 Å². The maximum Gasteiger partial charge on any atom is 0.409 e. The molecule has 1 aliphatic heterocycles. The van der Waals surface area contributed by atoms with Crippen LogP contribution in [0.15, 0.2) is 24.3 Å². The van der Waals surface area contributed by atoms with Crippen molar-refractivity contribution in [3.63, 3.8) is 0 Å². The average molecular weight is 415 g/mol. The number of anilines is 4. The fourth-order valence-electron chi connectivity index (χ4n) is 3.70. The van der Waals surface area contributed by atoms with Gasteiger partial charge in [0, 0.05) is 31.1 Å². The molecule has 1 atom stereocenters. The Labute approximate surface area is 176 Å². The lowest BCUT2D eigenvalue weighted by atomic mass is 10.2. The van der Waals surface area contributed by atoms with Gasteiger partial charge in [0.15, 0.2) is 0 Å². The lowest BCUT2D eigenvalue weighted by Crippen LogP contribution is -2.33. The third kappa shape index (κ3) is 5.29. The minimum absolute atomic E-state index is 0.305. The normalized spacial score (nSPS) is 15.8. The zero-order chi connectivity index (χ0) is 21.5. The van der Waals surface area contributed by atoms with Crippen molar-refractivity contribution in [1.82, 2.24) is 9.97 Å². The fourth-order valence-corrected chi connectivity index (χ4v) is 3.70. The van der Waals surface area contributed by atoms with Crippen molar-refractivity contribution in [2.45, 2.75) is 38.6 Å². The number of carboxylic acid groups (broad SMARTS) is 1. The summed E-state index contributed by atoms with van der Waals surface area (Å²) in [7, 11) is 3.21. The number of rotatable bonds is 9. The first kappa shape index (κ1) is 21.6. The molecule has 30 heavy (non-hydrogen) atoms. The van der Waals surface area contributed by atoms with Gasteiger partial charge in [-0.2, -0.15) is 4.98 Å². The predicted octanol–water partition coefficient (Wildman–Crippen LogP) is 3.89. The summed E-state index contributed by atoms with van der Waals surface area (Å²) in [6.45, 7) is 3.72. The fraction of sp³-hybridized carbons (Fsp3) is 0.476. The van der Waals surface area contributed by atoms with E-state index in [-0.39, 0.29) is 0 Å². The molecule has 1 aromatic carbocycles. The first-order valence-electron chi connectivity index (χ1n) is 10.1. The molecule has 2 heterocycles. The molecule has 0 radical (unpaired) electrons. The molecule has 1 unspecified atom stereocenters. The van der Waals surface area contributed by atoms with Crippen molar-refractivity contribution < 1.29 is 19.4 Å². The van der Waals surface area contributed by atoms with E-state index in [4.69, 9.17) is 19.6 Å². The van der Waals surface area contributed by atoms with E-state index in [1.807, 2.05) is 6.07 Å². The molecule has 1 aliphatic rings. The standard InChI is InChI=1S/C21H29N5O4/c1-4-6-14-12-19(26-10-5-7-16(26)13-29-2)25-20(22-14)23-15-8-9-18(30-3)17(11-15)24-21(27)28/h8-9,11-12,16,24H,4-7,10,13H2,1-3H3,(H,27,28)(H,22,23,25). The summed E-state index contributed by atoms with van der Waals surface area (Å²) in [6.07, 6.45) is 2.85. The molecule has 2 aromatic rings. The summed E-state index contributed by atoms with van der Waals surface area (Å²) in [6, 6.07) is 7.50. The lowest BCUT2D eigenvalue weighted by Gasteiger charge is -2.26. The van der Waals surface area contributed by atoms with E-state index in [1.165, 1.54) is 7.11 Å². The highest BCUT2D eigenvalue weighted by Gasteiger charge is 2.26. The molecule has 3 N–H and O–H groups in total.